The van der Waals surface area contributed by atoms with E-state index in [0.29, 0.717) is 17.2 Å². The lowest BCUT2D eigenvalue weighted by Gasteiger charge is -2.22. The summed E-state index contributed by atoms with van der Waals surface area (Å²) in [5.41, 5.74) is 0.555. The predicted molar refractivity (Wildman–Crippen MR) is 132 cm³/mol. The third-order valence-corrected chi connectivity index (χ3v) is 6.96. The van der Waals surface area contributed by atoms with Crippen LogP contribution in [0.3, 0.4) is 0 Å². The third kappa shape index (κ3) is 5.59. The van der Waals surface area contributed by atoms with Gasteiger partial charge >= 0.3 is 6.18 Å². The van der Waals surface area contributed by atoms with Crippen LogP contribution in [0.4, 0.5) is 24.5 Å². The number of thioether (sulfide) groups is 1. The van der Waals surface area contributed by atoms with Crippen molar-refractivity contribution in [3.05, 3.63) is 77.9 Å². The van der Waals surface area contributed by atoms with Crippen molar-refractivity contribution in [3.8, 4) is 11.5 Å². The molecule has 0 aromatic heterocycles. The number of hydrogen-bond acceptors (Lipinski definition) is 5. The van der Waals surface area contributed by atoms with E-state index < -0.39 is 17.6 Å². The second-order valence-electron chi connectivity index (χ2n) is 8.00. The number of rotatable bonds is 6. The second kappa shape index (κ2) is 10.5. The summed E-state index contributed by atoms with van der Waals surface area (Å²) in [5.74, 6) is 0.218. The Balaban J connectivity index is 1.57. The van der Waals surface area contributed by atoms with Crippen LogP contribution in [0.1, 0.15) is 22.8 Å². The molecule has 0 saturated heterocycles. The van der Waals surface area contributed by atoms with Gasteiger partial charge < -0.3 is 19.7 Å². The van der Waals surface area contributed by atoms with Gasteiger partial charge in [0.05, 0.1) is 25.5 Å². The van der Waals surface area contributed by atoms with Gasteiger partial charge in [0, 0.05) is 22.3 Å². The average molecular weight is 517 g/mol. The lowest BCUT2D eigenvalue weighted by molar-refractivity contribution is -0.137. The van der Waals surface area contributed by atoms with Gasteiger partial charge in [-0.3, -0.25) is 9.59 Å². The summed E-state index contributed by atoms with van der Waals surface area (Å²) in [6.45, 7) is -0.342. The summed E-state index contributed by atoms with van der Waals surface area (Å²) in [4.78, 5) is 28.3. The zero-order valence-corrected chi connectivity index (χ0v) is 20.3. The third-order valence-electron chi connectivity index (χ3n) is 5.64. The molecule has 1 N–H and O–H groups in total. The minimum Gasteiger partial charge on any atom is -0.493 e. The van der Waals surface area contributed by atoms with Crippen molar-refractivity contribution in [1.29, 1.82) is 0 Å². The van der Waals surface area contributed by atoms with Gasteiger partial charge in [-0.25, -0.2) is 0 Å². The number of ether oxygens (including phenoxy) is 2. The van der Waals surface area contributed by atoms with Crippen molar-refractivity contribution in [2.24, 2.45) is 0 Å². The topological polar surface area (TPSA) is 67.9 Å². The number of carbonyl (C=O) groups excluding carboxylic acids is 2. The highest BCUT2D eigenvalue weighted by Gasteiger charge is 2.32. The summed E-state index contributed by atoms with van der Waals surface area (Å²) in [5, 5.41) is 2.22. The van der Waals surface area contributed by atoms with Crippen LogP contribution in [0, 0.1) is 0 Å². The van der Waals surface area contributed by atoms with E-state index in [2.05, 4.69) is 5.32 Å². The van der Waals surface area contributed by atoms with Crippen molar-refractivity contribution >= 4 is 35.0 Å². The molecule has 36 heavy (non-hydrogen) atoms. The molecule has 1 heterocycles. The molecule has 6 nitrogen and oxygen atoms in total. The predicted octanol–water partition coefficient (Wildman–Crippen LogP) is 5.93. The van der Waals surface area contributed by atoms with E-state index in [9.17, 15) is 22.8 Å². The van der Waals surface area contributed by atoms with Crippen LogP contribution in [0.2, 0.25) is 0 Å². The van der Waals surface area contributed by atoms with Crippen LogP contribution < -0.4 is 19.7 Å². The monoisotopic (exact) mass is 516 g/mol. The number of hydrogen-bond donors (Lipinski definition) is 1. The smallest absolute Gasteiger partial charge is 0.416 e. The molecule has 0 radical (unpaired) electrons. The second-order valence-corrected chi connectivity index (χ2v) is 9.24. The number of carbonyl (C=O) groups is 2. The van der Waals surface area contributed by atoms with Crippen molar-refractivity contribution in [3.63, 3.8) is 0 Å². The molecule has 3 aromatic rings. The van der Waals surface area contributed by atoms with Crippen LogP contribution in [-0.2, 0) is 15.8 Å². The van der Waals surface area contributed by atoms with Gasteiger partial charge in [0.25, 0.3) is 0 Å². The summed E-state index contributed by atoms with van der Waals surface area (Å²) in [6, 6.07) is 17.1. The minimum absolute atomic E-state index is 0.00274. The average Bonchev–Trinajstić information content (AvgIpc) is 2.99. The standard InChI is InChI=1S/C26H23F3N2O4S/c1-34-20-11-10-16(12-21(20)35-2)23-14-25(33)31(19-8-3-4-9-22(19)36-23)15-24(32)30-18-7-5-6-17(13-18)26(27,28)29/h3-13,23H,14-15H2,1-2H3,(H,30,32). The number of alkyl halides is 3. The number of para-hydroxylation sites is 1. The molecular formula is C26H23F3N2O4S. The number of halogens is 3. The molecule has 4 rings (SSSR count). The number of fused-ring (bicyclic) bond motifs is 1. The van der Waals surface area contributed by atoms with Gasteiger partial charge in [-0.2, -0.15) is 13.2 Å². The van der Waals surface area contributed by atoms with Gasteiger partial charge in [0.15, 0.2) is 11.5 Å². The van der Waals surface area contributed by atoms with Crippen LogP contribution >= 0.6 is 11.8 Å². The molecule has 0 spiro atoms. The molecule has 10 heteroatoms. The Bertz CT molecular complexity index is 1280. The van der Waals surface area contributed by atoms with Crippen LogP contribution in [0.25, 0.3) is 0 Å². The van der Waals surface area contributed by atoms with Crippen molar-refractivity contribution < 1.29 is 32.2 Å². The van der Waals surface area contributed by atoms with E-state index in [4.69, 9.17) is 9.47 Å². The molecule has 0 fully saturated rings. The van der Waals surface area contributed by atoms with Gasteiger partial charge in [0.1, 0.15) is 6.54 Å². The summed E-state index contributed by atoms with van der Waals surface area (Å²) in [7, 11) is 3.08. The fourth-order valence-electron chi connectivity index (χ4n) is 3.91. The maximum absolute atomic E-state index is 13.3. The molecule has 3 aromatic carbocycles. The number of anilines is 2. The Morgan fingerprint density at radius 3 is 2.50 bits per heavy atom. The van der Waals surface area contributed by atoms with E-state index >= 15 is 0 Å². The summed E-state index contributed by atoms with van der Waals surface area (Å²) >= 11 is 1.49. The van der Waals surface area contributed by atoms with Gasteiger partial charge in [-0.15, -0.1) is 11.8 Å². The highest BCUT2D eigenvalue weighted by Crippen LogP contribution is 2.46. The molecule has 0 bridgehead atoms. The SMILES string of the molecule is COc1ccc(C2CC(=O)N(CC(=O)Nc3cccc(C(F)(F)F)c3)c3ccccc3S2)cc1OC. The van der Waals surface area contributed by atoms with Crippen molar-refractivity contribution in [1.82, 2.24) is 0 Å². The molecule has 188 valence electrons. The maximum atomic E-state index is 13.3. The fourth-order valence-corrected chi connectivity index (χ4v) is 5.18. The Kier molecular flexibility index (Phi) is 7.44. The van der Waals surface area contributed by atoms with Crippen molar-refractivity contribution in [2.45, 2.75) is 22.7 Å². The number of benzene rings is 3. The van der Waals surface area contributed by atoms with Gasteiger partial charge in [-0.1, -0.05) is 24.3 Å². The van der Waals surface area contributed by atoms with Crippen LogP contribution in [0.15, 0.2) is 71.6 Å². The van der Waals surface area contributed by atoms with Crippen LogP contribution in [-0.4, -0.2) is 32.6 Å². The zero-order chi connectivity index (χ0) is 25.9. The molecule has 1 unspecified atom stereocenters. The maximum Gasteiger partial charge on any atom is 0.416 e. The number of methoxy groups -OCH3 is 2. The normalized spacial score (nSPS) is 15.6. The molecule has 1 atom stereocenters. The highest BCUT2D eigenvalue weighted by molar-refractivity contribution is 7.99. The first-order chi connectivity index (χ1) is 17.2. The van der Waals surface area contributed by atoms with Gasteiger partial charge in [-0.05, 0) is 48.0 Å². The van der Waals surface area contributed by atoms with E-state index in [1.807, 2.05) is 24.3 Å². The first kappa shape index (κ1) is 25.4. The molecular weight excluding hydrogens is 493 g/mol. The van der Waals surface area contributed by atoms with Crippen LogP contribution in [0.5, 0.6) is 11.5 Å². The van der Waals surface area contributed by atoms with E-state index in [0.717, 1.165) is 22.6 Å². The zero-order valence-electron chi connectivity index (χ0n) is 19.5. The molecule has 1 aliphatic heterocycles. The number of nitrogens with zero attached hydrogens (tertiary/aromatic N) is 1. The van der Waals surface area contributed by atoms with Crippen molar-refractivity contribution in [2.75, 3.05) is 31.0 Å². The Hall–Kier alpha value is -3.66. The summed E-state index contributed by atoms with van der Waals surface area (Å²) < 4.78 is 49.8. The highest BCUT2D eigenvalue weighted by atomic mass is 32.2. The molecule has 0 saturated carbocycles. The number of amides is 2. The first-order valence-corrected chi connectivity index (χ1v) is 11.8. The molecule has 0 aliphatic carbocycles. The van der Waals surface area contributed by atoms with E-state index in [-0.39, 0.29) is 29.8 Å². The summed E-state index contributed by atoms with van der Waals surface area (Å²) in [6.07, 6.45) is -4.43. The first-order valence-electron chi connectivity index (χ1n) is 10.9. The molecule has 1 aliphatic rings. The van der Waals surface area contributed by atoms with E-state index in [1.165, 1.54) is 35.9 Å². The fraction of sp³-hybridized carbons (Fsp3) is 0.231. The van der Waals surface area contributed by atoms with E-state index in [1.54, 1.807) is 25.3 Å². The van der Waals surface area contributed by atoms with Gasteiger partial charge in [0.2, 0.25) is 11.8 Å². The largest absolute Gasteiger partial charge is 0.493 e. The minimum atomic E-state index is -4.53. The lowest BCUT2D eigenvalue weighted by Crippen LogP contribution is -2.38. The number of nitrogens with one attached hydrogen (secondary N) is 1. The Morgan fingerprint density at radius 2 is 1.78 bits per heavy atom. The Morgan fingerprint density at radius 1 is 1.03 bits per heavy atom. The molecule has 2 amide bonds. The quantitative estimate of drug-likeness (QED) is 0.440. The Labute approximate surface area is 210 Å². The lowest BCUT2D eigenvalue weighted by atomic mass is 10.1.